The molecular formula is C44H47FN10O5. The van der Waals surface area contributed by atoms with Crippen LogP contribution in [0.3, 0.4) is 0 Å². The number of carbonyl (C=O) groups is 4. The highest BCUT2D eigenvalue weighted by atomic mass is 19.1. The fourth-order valence-electron chi connectivity index (χ4n) is 9.27. The van der Waals surface area contributed by atoms with Crippen LogP contribution in [-0.4, -0.2) is 129 Å². The zero-order valence-electron chi connectivity index (χ0n) is 33.3. The van der Waals surface area contributed by atoms with Crippen molar-refractivity contribution in [1.82, 2.24) is 39.8 Å². The van der Waals surface area contributed by atoms with Crippen molar-refractivity contribution in [3.8, 4) is 22.8 Å². The Bertz CT molecular complexity index is 2420. The molecule has 15 nitrogen and oxygen atoms in total. The van der Waals surface area contributed by atoms with Crippen molar-refractivity contribution in [2.45, 2.75) is 62.4 Å². The molecule has 0 bridgehead atoms. The Morgan fingerprint density at radius 3 is 2.33 bits per heavy atom. The number of likely N-dealkylation sites (tertiary alicyclic amines) is 2. The average Bonchev–Trinajstić information content (AvgIpc) is 3.76. The Labute approximate surface area is 346 Å². The van der Waals surface area contributed by atoms with Gasteiger partial charge in [-0.25, -0.2) is 19.0 Å². The fraction of sp³-hybridized carbons (Fsp3) is 0.386. The highest BCUT2D eigenvalue weighted by Gasteiger charge is 2.44. The number of alkyl halides is 1. The molecular weight excluding hydrogens is 768 g/mol. The first-order valence-corrected chi connectivity index (χ1v) is 20.6. The van der Waals surface area contributed by atoms with Crippen LogP contribution in [-0.2, 0) is 9.59 Å². The van der Waals surface area contributed by atoms with Gasteiger partial charge in [-0.3, -0.25) is 29.1 Å². The number of rotatable bonds is 12. The number of amides is 3. The van der Waals surface area contributed by atoms with Crippen LogP contribution in [0, 0.1) is 0 Å². The lowest BCUT2D eigenvalue weighted by atomic mass is 9.94. The topological polar surface area (TPSA) is 172 Å². The molecule has 60 heavy (non-hydrogen) atoms. The third-order valence-electron chi connectivity index (χ3n) is 12.5. The van der Waals surface area contributed by atoms with Gasteiger partial charge in [0.25, 0.3) is 11.8 Å². The molecule has 3 atom stereocenters. The largest absolute Gasteiger partial charge is 0.457 e. The lowest BCUT2D eigenvalue weighted by Gasteiger charge is -2.51. The van der Waals surface area contributed by atoms with Crippen molar-refractivity contribution in [2.24, 2.45) is 0 Å². The van der Waals surface area contributed by atoms with E-state index in [2.05, 4.69) is 30.0 Å². The number of nitrogen functional groups attached to an aromatic ring is 1. The summed E-state index contributed by atoms with van der Waals surface area (Å²) in [5.41, 5.74) is 9.99. The van der Waals surface area contributed by atoms with Crippen molar-refractivity contribution in [3.05, 3.63) is 90.3 Å². The normalized spacial score (nSPS) is 20.9. The monoisotopic (exact) mass is 814 g/mol. The van der Waals surface area contributed by atoms with Gasteiger partial charge in [0.15, 0.2) is 5.65 Å². The van der Waals surface area contributed by atoms with E-state index in [4.69, 9.17) is 15.6 Å². The van der Waals surface area contributed by atoms with Crippen molar-refractivity contribution in [1.29, 1.82) is 0 Å². The van der Waals surface area contributed by atoms with Crippen LogP contribution in [0.5, 0.6) is 11.5 Å². The molecule has 3 amide bonds. The first-order chi connectivity index (χ1) is 29.2. The van der Waals surface area contributed by atoms with E-state index in [1.54, 1.807) is 12.1 Å². The predicted octanol–water partition coefficient (Wildman–Crippen LogP) is 4.50. The van der Waals surface area contributed by atoms with Gasteiger partial charge in [-0.05, 0) is 80.3 Å². The maximum Gasteiger partial charge on any atom is 0.262 e. The van der Waals surface area contributed by atoms with E-state index >= 15 is 4.39 Å². The number of benzene rings is 3. The highest BCUT2D eigenvalue weighted by molar-refractivity contribution is 6.23. The average molecular weight is 815 g/mol. The number of aromatic nitrogens is 4. The molecule has 1 unspecified atom stereocenters. The minimum Gasteiger partial charge on any atom is -0.457 e. The third-order valence-corrected chi connectivity index (χ3v) is 12.5. The predicted molar refractivity (Wildman–Crippen MR) is 223 cm³/mol. The summed E-state index contributed by atoms with van der Waals surface area (Å²) in [6.45, 7) is 3.98. The molecule has 3 aromatic carbocycles. The van der Waals surface area contributed by atoms with Gasteiger partial charge in [-0.15, -0.1) is 0 Å². The molecule has 2 aromatic heterocycles. The number of halogens is 1. The number of likely N-dealkylation sites (N-methyl/N-ethyl adjacent to an activating group) is 1. The second kappa shape index (κ2) is 16.4. The maximum absolute atomic E-state index is 16.1. The maximum atomic E-state index is 16.1. The molecule has 310 valence electrons. The number of para-hydroxylation sites is 1. The Balaban J connectivity index is 0.798. The first kappa shape index (κ1) is 39.2. The second-order valence-electron chi connectivity index (χ2n) is 16.0. The zero-order valence-corrected chi connectivity index (χ0v) is 33.3. The number of nitrogens with one attached hydrogen (secondary N) is 1. The van der Waals surface area contributed by atoms with Gasteiger partial charge < -0.3 is 25.5 Å². The van der Waals surface area contributed by atoms with Gasteiger partial charge in [0.2, 0.25) is 5.91 Å². The Hall–Kier alpha value is -6.26. The van der Waals surface area contributed by atoms with Crippen LogP contribution in [0.15, 0.2) is 79.1 Å². The minimum atomic E-state index is -1.07. The van der Waals surface area contributed by atoms with Crippen LogP contribution in [0.1, 0.15) is 58.9 Å². The molecule has 5 aromatic rings. The van der Waals surface area contributed by atoms with Gasteiger partial charge in [0.05, 0.1) is 22.6 Å². The molecule has 6 heterocycles. The van der Waals surface area contributed by atoms with Gasteiger partial charge in [0.1, 0.15) is 47.8 Å². The lowest BCUT2D eigenvalue weighted by molar-refractivity contribution is -0.124. The van der Waals surface area contributed by atoms with E-state index in [0.29, 0.717) is 54.2 Å². The van der Waals surface area contributed by atoms with Gasteiger partial charge in [-0.1, -0.05) is 18.2 Å². The SMILES string of the molecule is CNC(=O)C(CCC=O)N1C(=O)c2ccc(N3CC(N4CC[C@H](N5CCC(n6nc(-c7ccc(Oc8ccccc8)cc7)c7c(N)ncnc76)CC5)[C@H](F)C4)C3)cc2C1=O. The van der Waals surface area contributed by atoms with E-state index in [-0.39, 0.29) is 42.1 Å². The number of carbonyl (C=O) groups excluding carboxylic acids is 4. The molecule has 4 aliphatic heterocycles. The quantitative estimate of drug-likeness (QED) is 0.134. The van der Waals surface area contributed by atoms with E-state index in [1.807, 2.05) is 65.3 Å². The molecule has 0 radical (unpaired) electrons. The van der Waals surface area contributed by atoms with Crippen LogP contribution in [0.2, 0.25) is 0 Å². The number of hydrogen-bond acceptors (Lipinski definition) is 12. The zero-order chi connectivity index (χ0) is 41.5. The number of nitrogens with zero attached hydrogens (tertiary/aromatic N) is 8. The number of fused-ring (bicyclic) bond motifs is 2. The summed E-state index contributed by atoms with van der Waals surface area (Å²) < 4.78 is 24.0. The summed E-state index contributed by atoms with van der Waals surface area (Å²) in [4.78, 5) is 66.8. The first-order valence-electron chi connectivity index (χ1n) is 20.6. The van der Waals surface area contributed by atoms with Crippen LogP contribution >= 0.6 is 0 Å². The van der Waals surface area contributed by atoms with E-state index in [0.717, 1.165) is 60.8 Å². The summed E-state index contributed by atoms with van der Waals surface area (Å²) in [7, 11) is 1.43. The number of nitrogens with two attached hydrogens (primary N) is 1. The lowest BCUT2D eigenvalue weighted by Crippen LogP contribution is -2.64. The molecule has 3 fully saturated rings. The van der Waals surface area contributed by atoms with Crippen molar-refractivity contribution in [3.63, 3.8) is 0 Å². The van der Waals surface area contributed by atoms with Crippen LogP contribution in [0.25, 0.3) is 22.3 Å². The van der Waals surface area contributed by atoms with Gasteiger partial charge in [0, 0.05) is 76.1 Å². The fourth-order valence-corrected chi connectivity index (χ4v) is 9.27. The minimum absolute atomic E-state index is 0.0441. The summed E-state index contributed by atoms with van der Waals surface area (Å²) in [6, 6.07) is 21.5. The van der Waals surface area contributed by atoms with Crippen molar-refractivity contribution >= 4 is 46.5 Å². The summed E-state index contributed by atoms with van der Waals surface area (Å²) in [6.07, 6.45) is 3.57. The number of anilines is 2. The van der Waals surface area contributed by atoms with Crippen molar-refractivity contribution < 1.29 is 28.3 Å². The highest BCUT2D eigenvalue weighted by Crippen LogP contribution is 2.37. The number of piperidine rings is 2. The molecule has 4 aliphatic rings. The summed E-state index contributed by atoms with van der Waals surface area (Å²) in [5.74, 6) is 0.255. The van der Waals surface area contributed by atoms with Crippen LogP contribution < -0.4 is 20.7 Å². The van der Waals surface area contributed by atoms with Crippen molar-refractivity contribution in [2.75, 3.05) is 56.9 Å². The molecule has 3 saturated heterocycles. The number of hydrogen-bond donors (Lipinski definition) is 2. The standard InChI is InChI=1S/C44H47FN10O5/c1-47-42(57)37(8-5-21-56)54-43(58)33-14-11-29(22-34(33)44(54)59)53-23-30(24-53)52-20-17-36(35(45)25-52)51-18-15-28(16-19-51)55-41-38(40(46)48-26-49-41)39(50-55)27-9-12-32(13-10-27)60-31-6-3-2-4-7-31/h2-4,6-7,9-14,21-22,26,28,30,35-37H,5,8,15-20,23-25H2,1H3,(H,47,57)(H2,46,48,49)/t35-,36+,37?/m1/s1. The summed E-state index contributed by atoms with van der Waals surface area (Å²) >= 11 is 0. The number of aldehydes is 1. The Morgan fingerprint density at radius 1 is 0.900 bits per heavy atom. The Morgan fingerprint density at radius 2 is 1.62 bits per heavy atom. The van der Waals surface area contributed by atoms with Crippen LogP contribution in [0.4, 0.5) is 15.9 Å². The number of ether oxygens (including phenoxy) is 1. The van der Waals surface area contributed by atoms with Gasteiger partial charge >= 0.3 is 0 Å². The number of imide groups is 1. The van der Waals surface area contributed by atoms with E-state index in [9.17, 15) is 19.2 Å². The molecule has 3 N–H and O–H groups in total. The smallest absolute Gasteiger partial charge is 0.262 e. The molecule has 0 spiro atoms. The Kier molecular flexibility index (Phi) is 10.7. The summed E-state index contributed by atoms with van der Waals surface area (Å²) in [5, 5.41) is 8.28. The van der Waals surface area contributed by atoms with Gasteiger partial charge in [-0.2, -0.15) is 5.10 Å². The third kappa shape index (κ3) is 7.23. The van der Waals surface area contributed by atoms with E-state index in [1.165, 1.54) is 13.4 Å². The second-order valence-corrected chi connectivity index (χ2v) is 16.0. The molecule has 0 saturated carbocycles. The molecule has 16 heteroatoms. The van der Waals surface area contributed by atoms with E-state index < -0.39 is 29.9 Å². The molecule has 0 aliphatic carbocycles. The molecule has 9 rings (SSSR count).